The highest BCUT2D eigenvalue weighted by molar-refractivity contribution is 5.89. The zero-order valence-corrected chi connectivity index (χ0v) is 11.1. The van der Waals surface area contributed by atoms with Crippen LogP contribution in [0.5, 0.6) is 0 Å². The van der Waals surface area contributed by atoms with Crippen LogP contribution in [0.1, 0.15) is 5.56 Å². The van der Waals surface area contributed by atoms with Crippen LogP contribution >= 0.6 is 0 Å². The topological polar surface area (TPSA) is 55.5 Å². The maximum atomic E-state index is 11.0. The van der Waals surface area contributed by atoms with Crippen molar-refractivity contribution in [2.45, 2.75) is 0 Å². The number of fused-ring (bicyclic) bond motifs is 1. The van der Waals surface area contributed by atoms with Gasteiger partial charge < -0.3 is 0 Å². The molecule has 0 radical (unpaired) electrons. The molecule has 21 heavy (non-hydrogen) atoms. The molecular weight excluding hydrogens is 264 g/mol. The third-order valence-corrected chi connectivity index (χ3v) is 3.22. The van der Waals surface area contributed by atoms with E-state index in [9.17, 15) is 10.1 Å². The molecule has 0 atom stereocenters. The molecule has 0 N–H and O–H groups in total. The molecule has 0 heterocycles. The van der Waals surface area contributed by atoms with Gasteiger partial charge in [-0.05, 0) is 29.0 Å². The fraction of sp³-hybridized carbons (Fsp3) is 0. The average molecular weight is 276 g/mol. The number of rotatable bonds is 3. The zero-order valence-electron chi connectivity index (χ0n) is 11.1. The lowest BCUT2D eigenvalue weighted by molar-refractivity contribution is -0.385. The minimum Gasteiger partial charge on any atom is -0.258 e. The van der Waals surface area contributed by atoms with Gasteiger partial charge in [-0.25, -0.2) is 0 Å². The molecule has 3 aromatic rings. The summed E-state index contributed by atoms with van der Waals surface area (Å²) in [5.41, 5.74) is 1.32. The van der Waals surface area contributed by atoms with E-state index in [4.69, 9.17) is 0 Å². The van der Waals surface area contributed by atoms with Crippen molar-refractivity contribution in [1.82, 2.24) is 0 Å². The predicted molar refractivity (Wildman–Crippen MR) is 84.3 cm³/mol. The summed E-state index contributed by atoms with van der Waals surface area (Å²) >= 11 is 0. The number of hydrogen-bond donors (Lipinski definition) is 0. The van der Waals surface area contributed by atoms with Crippen molar-refractivity contribution in [3.8, 4) is 0 Å². The Labute approximate surface area is 121 Å². The van der Waals surface area contributed by atoms with Crippen molar-refractivity contribution in [3.63, 3.8) is 0 Å². The van der Waals surface area contributed by atoms with E-state index in [1.165, 1.54) is 12.3 Å². The maximum absolute atomic E-state index is 11.0. The number of nitro groups is 1. The molecule has 0 unspecified atom stereocenters. The van der Waals surface area contributed by atoms with E-state index in [0.29, 0.717) is 5.56 Å². The normalized spacial score (nSPS) is 11.0. The summed E-state index contributed by atoms with van der Waals surface area (Å²) in [5, 5.41) is 13.2. The molecule has 3 rings (SSSR count). The van der Waals surface area contributed by atoms with Crippen molar-refractivity contribution < 1.29 is 4.92 Å². The van der Waals surface area contributed by atoms with E-state index >= 15 is 0 Å². The molecule has 0 aromatic heterocycles. The van der Waals surface area contributed by atoms with Gasteiger partial charge in [0, 0.05) is 12.3 Å². The van der Waals surface area contributed by atoms with Crippen LogP contribution in [0, 0.1) is 10.1 Å². The lowest BCUT2D eigenvalue weighted by Crippen LogP contribution is -1.93. The van der Waals surface area contributed by atoms with Gasteiger partial charge >= 0.3 is 0 Å². The molecule has 0 spiro atoms. The standard InChI is InChI=1S/C17H12N2O2/c20-19(21)17-8-4-3-7-15(17)12-18-16-10-9-13-5-1-2-6-14(13)11-16/h1-12H. The number of aliphatic imine (C=N–C) groups is 1. The van der Waals surface area contributed by atoms with Gasteiger partial charge in [-0.2, -0.15) is 0 Å². The van der Waals surface area contributed by atoms with Crippen LogP contribution in [0.25, 0.3) is 10.8 Å². The summed E-state index contributed by atoms with van der Waals surface area (Å²) in [7, 11) is 0. The first-order chi connectivity index (χ1) is 10.2. The molecule has 4 nitrogen and oxygen atoms in total. The Morgan fingerprint density at radius 2 is 1.62 bits per heavy atom. The van der Waals surface area contributed by atoms with Gasteiger partial charge in [0.25, 0.3) is 5.69 Å². The van der Waals surface area contributed by atoms with Crippen LogP contribution in [-0.4, -0.2) is 11.1 Å². The molecule has 0 aliphatic rings. The van der Waals surface area contributed by atoms with Crippen molar-refractivity contribution in [2.75, 3.05) is 0 Å². The summed E-state index contributed by atoms with van der Waals surface area (Å²) in [6.07, 6.45) is 1.53. The lowest BCUT2D eigenvalue weighted by atomic mass is 10.1. The first kappa shape index (κ1) is 13.0. The van der Waals surface area contributed by atoms with Crippen LogP contribution in [0.4, 0.5) is 11.4 Å². The van der Waals surface area contributed by atoms with Gasteiger partial charge in [-0.3, -0.25) is 15.1 Å². The van der Waals surface area contributed by atoms with Crippen LogP contribution in [-0.2, 0) is 0 Å². The van der Waals surface area contributed by atoms with Gasteiger partial charge in [0.2, 0.25) is 0 Å². The fourth-order valence-corrected chi connectivity index (χ4v) is 2.16. The highest BCUT2D eigenvalue weighted by Gasteiger charge is 2.09. The van der Waals surface area contributed by atoms with Gasteiger partial charge in [0.15, 0.2) is 0 Å². The summed E-state index contributed by atoms with van der Waals surface area (Å²) in [6, 6.07) is 20.4. The van der Waals surface area contributed by atoms with E-state index in [1.807, 2.05) is 42.5 Å². The highest BCUT2D eigenvalue weighted by Crippen LogP contribution is 2.22. The van der Waals surface area contributed by atoms with Crippen molar-refractivity contribution in [3.05, 3.63) is 82.4 Å². The first-order valence-electron chi connectivity index (χ1n) is 6.50. The molecular formula is C17H12N2O2. The molecule has 0 saturated heterocycles. The molecule has 0 amide bonds. The van der Waals surface area contributed by atoms with Crippen molar-refractivity contribution in [2.24, 2.45) is 4.99 Å². The van der Waals surface area contributed by atoms with Crippen molar-refractivity contribution >= 4 is 28.4 Å². The van der Waals surface area contributed by atoms with Crippen LogP contribution in [0.3, 0.4) is 0 Å². The quantitative estimate of drug-likeness (QED) is 0.402. The second-order valence-electron chi connectivity index (χ2n) is 4.61. The molecule has 0 aliphatic heterocycles. The number of hydrogen-bond acceptors (Lipinski definition) is 3. The third-order valence-electron chi connectivity index (χ3n) is 3.22. The molecule has 3 aromatic carbocycles. The van der Waals surface area contributed by atoms with Gasteiger partial charge in [-0.15, -0.1) is 0 Å². The van der Waals surface area contributed by atoms with E-state index in [2.05, 4.69) is 4.99 Å². The smallest absolute Gasteiger partial charge is 0.258 e. The van der Waals surface area contributed by atoms with Crippen LogP contribution < -0.4 is 0 Å². The summed E-state index contributed by atoms with van der Waals surface area (Å²) < 4.78 is 0. The molecule has 0 fully saturated rings. The van der Waals surface area contributed by atoms with Gasteiger partial charge in [-0.1, -0.05) is 42.5 Å². The van der Waals surface area contributed by atoms with E-state index in [1.54, 1.807) is 18.2 Å². The van der Waals surface area contributed by atoms with Crippen LogP contribution in [0.15, 0.2) is 71.7 Å². The van der Waals surface area contributed by atoms with E-state index in [-0.39, 0.29) is 5.69 Å². The molecule has 4 heteroatoms. The minimum atomic E-state index is -0.401. The Hall–Kier alpha value is -3.01. The number of para-hydroxylation sites is 1. The van der Waals surface area contributed by atoms with Crippen LogP contribution in [0.2, 0.25) is 0 Å². The Kier molecular flexibility index (Phi) is 3.43. The largest absolute Gasteiger partial charge is 0.278 e. The number of nitrogens with zero attached hydrogens (tertiary/aromatic N) is 2. The van der Waals surface area contributed by atoms with E-state index in [0.717, 1.165) is 16.5 Å². The Bertz CT molecular complexity index is 841. The first-order valence-corrected chi connectivity index (χ1v) is 6.50. The summed E-state index contributed by atoms with van der Waals surface area (Å²) in [5.74, 6) is 0. The monoisotopic (exact) mass is 276 g/mol. The average Bonchev–Trinajstić information content (AvgIpc) is 2.53. The maximum Gasteiger partial charge on any atom is 0.278 e. The molecule has 102 valence electrons. The minimum absolute atomic E-state index is 0.0574. The van der Waals surface area contributed by atoms with Gasteiger partial charge in [0.1, 0.15) is 0 Å². The predicted octanol–water partition coefficient (Wildman–Crippen LogP) is 4.50. The highest BCUT2D eigenvalue weighted by atomic mass is 16.6. The molecule has 0 aliphatic carbocycles. The second-order valence-corrected chi connectivity index (χ2v) is 4.61. The second kappa shape index (κ2) is 5.54. The Morgan fingerprint density at radius 1 is 0.905 bits per heavy atom. The Balaban J connectivity index is 1.96. The van der Waals surface area contributed by atoms with E-state index < -0.39 is 4.92 Å². The number of nitro benzene ring substituents is 1. The molecule has 0 saturated carbocycles. The van der Waals surface area contributed by atoms with Crippen molar-refractivity contribution in [1.29, 1.82) is 0 Å². The zero-order chi connectivity index (χ0) is 14.7. The SMILES string of the molecule is O=[N+]([O-])c1ccccc1C=Nc1ccc2ccccc2c1. The summed E-state index contributed by atoms with van der Waals surface area (Å²) in [6.45, 7) is 0. The number of benzene rings is 3. The fourth-order valence-electron chi connectivity index (χ4n) is 2.16. The van der Waals surface area contributed by atoms with Gasteiger partial charge in [0.05, 0.1) is 16.2 Å². The summed E-state index contributed by atoms with van der Waals surface area (Å²) in [4.78, 5) is 14.9. The lowest BCUT2D eigenvalue weighted by Gasteiger charge is -1.99. The third kappa shape index (κ3) is 2.79. The Morgan fingerprint density at radius 3 is 2.43 bits per heavy atom. The molecule has 0 bridgehead atoms.